The SMILES string of the molecule is CC(Cl)C(C)(O)[PH2]=O. The van der Waals surface area contributed by atoms with Crippen molar-refractivity contribution < 1.29 is 9.67 Å². The van der Waals surface area contributed by atoms with E-state index < -0.39 is 19.2 Å². The molecule has 3 unspecified atom stereocenters. The molecule has 3 atom stereocenters. The van der Waals surface area contributed by atoms with Gasteiger partial charge in [0.05, 0.1) is 13.8 Å². The van der Waals surface area contributed by atoms with Crippen LogP contribution in [0.25, 0.3) is 0 Å². The van der Waals surface area contributed by atoms with Gasteiger partial charge in [-0.05, 0) is 13.8 Å². The average Bonchev–Trinajstić information content (AvgIpc) is 1.67. The third kappa shape index (κ3) is 2.17. The Kier molecular flexibility index (Phi) is 3.03. The Balaban J connectivity index is 3.90. The standard InChI is InChI=1S/C4H10ClO2P/c1-3(5)4(2,6)8-7/h3,6H,8H2,1-2H3. The molecule has 0 rings (SSSR count). The second kappa shape index (κ2) is 2.86. The highest BCUT2D eigenvalue weighted by molar-refractivity contribution is 7.25. The Bertz CT molecular complexity index is 92.0. The minimum Gasteiger partial charge on any atom is -0.381 e. The number of alkyl halides is 1. The highest BCUT2D eigenvalue weighted by atomic mass is 35.5. The van der Waals surface area contributed by atoms with E-state index in [-0.39, 0.29) is 0 Å². The van der Waals surface area contributed by atoms with Gasteiger partial charge in [0, 0.05) is 0 Å². The molecular formula is C4H10ClO2P. The molecule has 0 aliphatic carbocycles. The van der Waals surface area contributed by atoms with Crippen LogP contribution >= 0.6 is 20.1 Å². The maximum absolute atomic E-state index is 10.1. The van der Waals surface area contributed by atoms with Crippen LogP contribution in [0.15, 0.2) is 0 Å². The van der Waals surface area contributed by atoms with E-state index in [9.17, 15) is 4.57 Å². The third-order valence-corrected chi connectivity index (χ3v) is 2.67. The molecule has 8 heavy (non-hydrogen) atoms. The molecule has 0 aromatic rings. The summed E-state index contributed by atoms with van der Waals surface area (Å²) in [6.45, 7) is 3.08. The summed E-state index contributed by atoms with van der Waals surface area (Å²) in [5, 5.41) is 7.39. The van der Waals surface area contributed by atoms with E-state index in [1.54, 1.807) is 6.92 Å². The molecule has 0 aliphatic rings. The first kappa shape index (κ1) is 8.48. The van der Waals surface area contributed by atoms with Crippen molar-refractivity contribution >= 4 is 20.1 Å². The van der Waals surface area contributed by atoms with E-state index in [0.717, 1.165) is 0 Å². The Morgan fingerprint density at radius 2 is 2.25 bits per heavy atom. The summed E-state index contributed by atoms with van der Waals surface area (Å²) in [5.74, 6) is 0. The van der Waals surface area contributed by atoms with E-state index in [2.05, 4.69) is 0 Å². The first-order chi connectivity index (χ1) is 3.50. The monoisotopic (exact) mass is 156 g/mol. The molecule has 0 amide bonds. The number of rotatable bonds is 2. The van der Waals surface area contributed by atoms with E-state index in [4.69, 9.17) is 16.7 Å². The predicted molar refractivity (Wildman–Crippen MR) is 36.3 cm³/mol. The summed E-state index contributed by atoms with van der Waals surface area (Å²) < 4.78 is 10.1. The summed E-state index contributed by atoms with van der Waals surface area (Å²) >= 11 is 5.44. The smallest absolute Gasteiger partial charge is 0.125 e. The molecule has 0 spiro atoms. The lowest BCUT2D eigenvalue weighted by molar-refractivity contribution is 0.150. The third-order valence-electron chi connectivity index (χ3n) is 1.04. The zero-order valence-corrected chi connectivity index (χ0v) is 6.80. The predicted octanol–water partition coefficient (Wildman–Crippen LogP) is 1.08. The normalized spacial score (nSPS) is 23.5. The van der Waals surface area contributed by atoms with Crippen LogP contribution in [0.2, 0.25) is 0 Å². The summed E-state index contributed by atoms with van der Waals surface area (Å²) in [6, 6.07) is 0. The number of aliphatic hydroxyl groups is 1. The van der Waals surface area contributed by atoms with E-state index in [0.29, 0.717) is 0 Å². The van der Waals surface area contributed by atoms with Crippen LogP contribution in [0.1, 0.15) is 13.8 Å². The van der Waals surface area contributed by atoms with Crippen molar-refractivity contribution in [3.63, 3.8) is 0 Å². The van der Waals surface area contributed by atoms with E-state index in [1.807, 2.05) is 0 Å². The van der Waals surface area contributed by atoms with Crippen molar-refractivity contribution in [2.75, 3.05) is 0 Å². The van der Waals surface area contributed by atoms with Crippen molar-refractivity contribution in [2.45, 2.75) is 24.6 Å². The maximum atomic E-state index is 10.1. The topological polar surface area (TPSA) is 37.3 Å². The van der Waals surface area contributed by atoms with Crippen LogP contribution in [-0.2, 0) is 4.57 Å². The highest BCUT2D eigenvalue weighted by Gasteiger charge is 2.24. The molecule has 1 N–H and O–H groups in total. The van der Waals surface area contributed by atoms with Crippen LogP contribution in [0.5, 0.6) is 0 Å². The van der Waals surface area contributed by atoms with Gasteiger partial charge in [0.25, 0.3) is 0 Å². The molecule has 2 nitrogen and oxygen atoms in total. The largest absolute Gasteiger partial charge is 0.381 e. The zero-order chi connectivity index (χ0) is 6.78. The lowest BCUT2D eigenvalue weighted by Crippen LogP contribution is -2.25. The lowest BCUT2D eigenvalue weighted by Gasteiger charge is -2.17. The summed E-state index contributed by atoms with van der Waals surface area (Å²) in [7, 11) is -1.20. The fraction of sp³-hybridized carbons (Fsp3) is 1.00. The van der Waals surface area contributed by atoms with Crippen molar-refractivity contribution in [1.29, 1.82) is 0 Å². The molecule has 0 fully saturated rings. The Labute approximate surface area is 55.1 Å². The first-order valence-corrected chi connectivity index (χ1v) is 3.82. The van der Waals surface area contributed by atoms with Crippen LogP contribution < -0.4 is 0 Å². The molecule has 0 radical (unpaired) electrons. The number of hydrogen-bond donors (Lipinski definition) is 1. The van der Waals surface area contributed by atoms with Crippen molar-refractivity contribution in [3.8, 4) is 0 Å². The van der Waals surface area contributed by atoms with E-state index >= 15 is 0 Å². The molecule has 0 aromatic heterocycles. The van der Waals surface area contributed by atoms with Crippen LogP contribution in [-0.4, -0.2) is 15.8 Å². The summed E-state index contributed by atoms with van der Waals surface area (Å²) in [5.41, 5.74) is 0. The molecule has 0 saturated heterocycles. The van der Waals surface area contributed by atoms with Crippen LogP contribution in [0.3, 0.4) is 0 Å². The van der Waals surface area contributed by atoms with Crippen LogP contribution in [0, 0.1) is 0 Å². The minimum absolute atomic E-state index is 0.435. The van der Waals surface area contributed by atoms with E-state index in [1.165, 1.54) is 6.92 Å². The minimum atomic E-state index is -1.20. The van der Waals surface area contributed by atoms with Gasteiger partial charge in [-0.3, -0.25) is 0 Å². The molecule has 0 aromatic carbocycles. The van der Waals surface area contributed by atoms with Crippen molar-refractivity contribution in [2.24, 2.45) is 0 Å². The van der Waals surface area contributed by atoms with Gasteiger partial charge in [0.2, 0.25) is 0 Å². The van der Waals surface area contributed by atoms with Gasteiger partial charge in [-0.2, -0.15) is 0 Å². The zero-order valence-electron chi connectivity index (χ0n) is 4.89. The fourth-order valence-corrected chi connectivity index (χ4v) is 0.436. The number of halogens is 1. The molecule has 0 bridgehead atoms. The van der Waals surface area contributed by atoms with Gasteiger partial charge in [-0.25, -0.2) is 0 Å². The molecule has 0 aliphatic heterocycles. The molecule has 0 saturated carbocycles. The van der Waals surface area contributed by atoms with Gasteiger partial charge < -0.3 is 9.67 Å². The maximum Gasteiger partial charge on any atom is 0.125 e. The van der Waals surface area contributed by atoms with Gasteiger partial charge in [0.15, 0.2) is 0 Å². The molecular weight excluding hydrogens is 146 g/mol. The van der Waals surface area contributed by atoms with Crippen LogP contribution in [0.4, 0.5) is 0 Å². The van der Waals surface area contributed by atoms with Gasteiger partial charge in [0.1, 0.15) is 5.34 Å². The Hall–Kier alpha value is 0.480. The lowest BCUT2D eigenvalue weighted by atomic mass is 10.3. The van der Waals surface area contributed by atoms with Gasteiger partial charge >= 0.3 is 0 Å². The van der Waals surface area contributed by atoms with Crippen molar-refractivity contribution in [1.82, 2.24) is 0 Å². The second-order valence-electron chi connectivity index (χ2n) is 1.96. The summed E-state index contributed by atoms with van der Waals surface area (Å²) in [6.07, 6.45) is 0. The Morgan fingerprint density at radius 1 is 1.88 bits per heavy atom. The number of hydrogen-bond acceptors (Lipinski definition) is 2. The van der Waals surface area contributed by atoms with Gasteiger partial charge in [-0.15, -0.1) is 11.6 Å². The highest BCUT2D eigenvalue weighted by Crippen LogP contribution is 2.26. The second-order valence-corrected chi connectivity index (χ2v) is 4.02. The van der Waals surface area contributed by atoms with Gasteiger partial charge in [-0.1, -0.05) is 0 Å². The summed E-state index contributed by atoms with van der Waals surface area (Å²) in [4.78, 5) is 0. The molecule has 4 heteroatoms. The first-order valence-electron chi connectivity index (χ1n) is 2.33. The quantitative estimate of drug-likeness (QED) is 0.480. The molecule has 0 heterocycles. The Morgan fingerprint density at radius 3 is 2.25 bits per heavy atom. The van der Waals surface area contributed by atoms with Crippen molar-refractivity contribution in [3.05, 3.63) is 0 Å². The average molecular weight is 157 g/mol. The molecule has 50 valence electrons. The fourth-order valence-electron chi connectivity index (χ4n) is 0.0938.